The average Bonchev–Trinajstić information content (AvgIpc) is 2.33. The Morgan fingerprint density at radius 1 is 1.26 bits per heavy atom. The smallest absolute Gasteiger partial charge is 0.241 e. The summed E-state index contributed by atoms with van der Waals surface area (Å²) in [5.41, 5.74) is 0. The summed E-state index contributed by atoms with van der Waals surface area (Å²) >= 11 is 8.14. The minimum absolute atomic E-state index is 0.171. The average molecular weight is 433 g/mol. The van der Waals surface area contributed by atoms with Crippen molar-refractivity contribution >= 4 is 53.6 Å². The van der Waals surface area contributed by atoms with Gasteiger partial charge in [0.25, 0.3) is 0 Å². The lowest BCUT2D eigenvalue weighted by molar-refractivity contribution is 0.296. The van der Waals surface area contributed by atoms with Crippen molar-refractivity contribution < 1.29 is 13.5 Å². The summed E-state index contributed by atoms with van der Waals surface area (Å²) in [4.78, 5) is 0.232. The second kappa shape index (κ2) is 8.63. The molecule has 0 amide bonds. The van der Waals surface area contributed by atoms with Crippen LogP contribution < -0.4 is 4.72 Å². The first-order chi connectivity index (χ1) is 8.97. The number of benzene rings is 1. The van der Waals surface area contributed by atoms with Crippen LogP contribution in [-0.4, -0.2) is 38.2 Å². The summed E-state index contributed by atoms with van der Waals surface area (Å²) in [7, 11) is -3.48. The van der Waals surface area contributed by atoms with Crippen molar-refractivity contribution in [3.8, 4) is 0 Å². The third kappa shape index (κ3) is 6.14. The summed E-state index contributed by atoms with van der Waals surface area (Å²) < 4.78 is 28.0. The van der Waals surface area contributed by atoms with E-state index in [1.54, 1.807) is 30.0 Å². The van der Waals surface area contributed by atoms with E-state index in [4.69, 9.17) is 5.11 Å². The molecule has 0 atom stereocenters. The highest BCUT2D eigenvalue weighted by molar-refractivity contribution is 9.11. The van der Waals surface area contributed by atoms with Crippen LogP contribution in [0, 0.1) is 0 Å². The van der Waals surface area contributed by atoms with Gasteiger partial charge in [-0.3, -0.25) is 0 Å². The van der Waals surface area contributed by atoms with E-state index in [1.165, 1.54) is 0 Å². The minimum Gasteiger partial charge on any atom is -0.396 e. The van der Waals surface area contributed by atoms with Crippen LogP contribution in [0.3, 0.4) is 0 Å². The predicted molar refractivity (Wildman–Crippen MR) is 86.1 cm³/mol. The summed E-state index contributed by atoms with van der Waals surface area (Å²) in [6.07, 6.45) is 0.732. The standard InChI is InChI=1S/C11H15Br2NO3S2/c12-9-2-3-11(10(13)8-9)19(16,17)14-4-7-18-6-1-5-15/h2-3,8,14-15H,1,4-7H2. The second-order valence-electron chi connectivity index (χ2n) is 3.66. The first-order valence-electron chi connectivity index (χ1n) is 5.60. The lowest BCUT2D eigenvalue weighted by atomic mass is 10.4. The molecule has 0 saturated heterocycles. The highest BCUT2D eigenvalue weighted by Crippen LogP contribution is 2.25. The van der Waals surface area contributed by atoms with Crippen LogP contribution in [0.5, 0.6) is 0 Å². The Kier molecular flexibility index (Phi) is 7.93. The highest BCUT2D eigenvalue weighted by atomic mass is 79.9. The van der Waals surface area contributed by atoms with E-state index < -0.39 is 10.0 Å². The molecule has 0 fully saturated rings. The van der Waals surface area contributed by atoms with E-state index in [-0.39, 0.29) is 11.5 Å². The highest BCUT2D eigenvalue weighted by Gasteiger charge is 2.16. The SMILES string of the molecule is O=S(=O)(NCCSCCCO)c1ccc(Br)cc1Br. The number of aliphatic hydroxyl groups is 1. The third-order valence-electron chi connectivity index (χ3n) is 2.17. The Balaban J connectivity index is 2.52. The number of thioether (sulfide) groups is 1. The molecule has 0 spiro atoms. The quantitative estimate of drug-likeness (QED) is 0.619. The zero-order valence-electron chi connectivity index (χ0n) is 10.1. The van der Waals surface area contributed by atoms with Gasteiger partial charge in [-0.05, 0) is 46.3 Å². The van der Waals surface area contributed by atoms with Crippen LogP contribution in [0.25, 0.3) is 0 Å². The first kappa shape index (κ1) is 17.5. The van der Waals surface area contributed by atoms with Crippen LogP contribution in [0.2, 0.25) is 0 Å². The van der Waals surface area contributed by atoms with Crippen molar-refractivity contribution in [1.29, 1.82) is 0 Å². The number of halogens is 2. The van der Waals surface area contributed by atoms with Gasteiger partial charge in [0.05, 0.1) is 4.90 Å². The molecular weight excluding hydrogens is 418 g/mol. The summed E-state index contributed by atoms with van der Waals surface area (Å²) in [5, 5.41) is 8.62. The number of hydrogen-bond acceptors (Lipinski definition) is 4. The van der Waals surface area contributed by atoms with E-state index in [9.17, 15) is 8.42 Å². The molecule has 19 heavy (non-hydrogen) atoms. The maximum atomic E-state index is 12.0. The van der Waals surface area contributed by atoms with E-state index in [0.29, 0.717) is 16.8 Å². The number of sulfonamides is 1. The van der Waals surface area contributed by atoms with Crippen LogP contribution in [0.1, 0.15) is 6.42 Å². The molecule has 0 saturated carbocycles. The molecule has 0 aromatic heterocycles. The maximum Gasteiger partial charge on any atom is 0.241 e. The zero-order chi connectivity index (χ0) is 14.3. The van der Waals surface area contributed by atoms with E-state index >= 15 is 0 Å². The number of aliphatic hydroxyl groups excluding tert-OH is 1. The van der Waals surface area contributed by atoms with Gasteiger partial charge in [0.2, 0.25) is 10.0 Å². The van der Waals surface area contributed by atoms with Crippen molar-refractivity contribution in [2.45, 2.75) is 11.3 Å². The Morgan fingerprint density at radius 2 is 2.00 bits per heavy atom. The Labute approximate surface area is 134 Å². The summed E-state index contributed by atoms with van der Waals surface area (Å²) in [6, 6.07) is 4.94. The minimum atomic E-state index is -3.48. The first-order valence-corrected chi connectivity index (χ1v) is 9.83. The van der Waals surface area contributed by atoms with Gasteiger partial charge in [0, 0.05) is 27.8 Å². The van der Waals surface area contributed by atoms with Gasteiger partial charge in [-0.15, -0.1) is 0 Å². The fourth-order valence-corrected chi connectivity index (χ4v) is 4.98. The third-order valence-corrected chi connectivity index (χ3v) is 6.17. The van der Waals surface area contributed by atoms with Crippen molar-refractivity contribution in [3.63, 3.8) is 0 Å². The lowest BCUT2D eigenvalue weighted by Crippen LogP contribution is -2.26. The molecule has 2 N–H and O–H groups in total. The van der Waals surface area contributed by atoms with Gasteiger partial charge in [-0.25, -0.2) is 13.1 Å². The van der Waals surface area contributed by atoms with Crippen molar-refractivity contribution in [3.05, 3.63) is 27.1 Å². The maximum absolute atomic E-state index is 12.0. The molecule has 1 aromatic rings. The van der Waals surface area contributed by atoms with Gasteiger partial charge in [0.15, 0.2) is 0 Å². The Hall–Kier alpha value is 0.400. The molecule has 1 aromatic carbocycles. The molecule has 4 nitrogen and oxygen atoms in total. The van der Waals surface area contributed by atoms with Crippen molar-refractivity contribution in [1.82, 2.24) is 4.72 Å². The fraction of sp³-hybridized carbons (Fsp3) is 0.455. The molecule has 0 aliphatic carbocycles. The molecular formula is C11H15Br2NO3S2. The second-order valence-corrected chi connectivity index (χ2v) is 8.39. The van der Waals surface area contributed by atoms with Crippen molar-refractivity contribution in [2.24, 2.45) is 0 Å². The molecule has 0 radical (unpaired) electrons. The largest absolute Gasteiger partial charge is 0.396 e. The normalized spacial score (nSPS) is 11.7. The molecule has 1 rings (SSSR count). The van der Waals surface area contributed by atoms with Gasteiger partial charge >= 0.3 is 0 Å². The van der Waals surface area contributed by atoms with E-state index in [0.717, 1.165) is 16.6 Å². The molecule has 108 valence electrons. The molecule has 0 aliphatic rings. The molecule has 0 bridgehead atoms. The van der Waals surface area contributed by atoms with Gasteiger partial charge in [-0.2, -0.15) is 11.8 Å². The van der Waals surface area contributed by atoms with Crippen molar-refractivity contribution in [2.75, 3.05) is 24.7 Å². The predicted octanol–water partition coefficient (Wildman–Crippen LogP) is 2.61. The molecule has 0 aliphatic heterocycles. The number of nitrogens with one attached hydrogen (secondary N) is 1. The monoisotopic (exact) mass is 431 g/mol. The molecule has 0 heterocycles. The number of rotatable bonds is 8. The molecule has 0 unspecified atom stereocenters. The fourth-order valence-electron chi connectivity index (χ4n) is 1.29. The summed E-state index contributed by atoms with van der Waals surface area (Å²) in [6.45, 7) is 0.547. The van der Waals surface area contributed by atoms with E-state index in [2.05, 4.69) is 36.6 Å². The van der Waals surface area contributed by atoms with Gasteiger partial charge in [-0.1, -0.05) is 15.9 Å². The zero-order valence-corrected chi connectivity index (χ0v) is 14.9. The number of hydrogen-bond donors (Lipinski definition) is 2. The van der Waals surface area contributed by atoms with Crippen LogP contribution in [-0.2, 0) is 10.0 Å². The molecule has 8 heteroatoms. The Bertz CT molecular complexity index is 509. The van der Waals surface area contributed by atoms with Gasteiger partial charge < -0.3 is 5.11 Å². The van der Waals surface area contributed by atoms with Crippen LogP contribution >= 0.6 is 43.6 Å². The lowest BCUT2D eigenvalue weighted by Gasteiger charge is -2.08. The topological polar surface area (TPSA) is 66.4 Å². The Morgan fingerprint density at radius 3 is 2.63 bits per heavy atom. The van der Waals surface area contributed by atoms with E-state index in [1.807, 2.05) is 0 Å². The van der Waals surface area contributed by atoms with Crippen LogP contribution in [0.4, 0.5) is 0 Å². The summed E-state index contributed by atoms with van der Waals surface area (Å²) in [5.74, 6) is 1.52. The van der Waals surface area contributed by atoms with Crippen LogP contribution in [0.15, 0.2) is 32.0 Å². The van der Waals surface area contributed by atoms with Gasteiger partial charge in [0.1, 0.15) is 0 Å².